The van der Waals surface area contributed by atoms with Gasteiger partial charge >= 0.3 is 18.0 Å². The van der Waals surface area contributed by atoms with Gasteiger partial charge < -0.3 is 23.7 Å². The molecular formula is C17H21BrN2O9. The molecule has 0 aliphatic carbocycles. The maximum atomic E-state index is 12.2. The van der Waals surface area contributed by atoms with Crippen LogP contribution in [0.2, 0.25) is 0 Å². The summed E-state index contributed by atoms with van der Waals surface area (Å²) in [5, 5.41) is 0. The molecule has 29 heavy (non-hydrogen) atoms. The topological polar surface area (TPSA) is 135 Å². The number of carbonyl (C=O) groups excluding carboxylic acids is 2. The molecule has 0 bridgehead atoms. The van der Waals surface area contributed by atoms with E-state index in [0.29, 0.717) is 0 Å². The highest BCUT2D eigenvalue weighted by atomic mass is 79.9. The fourth-order valence-corrected chi connectivity index (χ4v) is 2.92. The van der Waals surface area contributed by atoms with Crippen molar-refractivity contribution >= 4 is 34.3 Å². The van der Waals surface area contributed by atoms with Gasteiger partial charge in [-0.15, -0.1) is 0 Å². The van der Waals surface area contributed by atoms with Crippen molar-refractivity contribution in [3.05, 3.63) is 37.6 Å². The molecule has 0 amide bonds. The van der Waals surface area contributed by atoms with Gasteiger partial charge in [0.25, 0.3) is 5.56 Å². The number of H-pyrrole nitrogens is 1. The highest BCUT2D eigenvalue weighted by Gasteiger charge is 2.40. The van der Waals surface area contributed by atoms with Crippen LogP contribution in [0.15, 0.2) is 20.8 Å². The second-order valence-corrected chi connectivity index (χ2v) is 6.27. The molecule has 3 atom stereocenters. The number of hydrogen-bond donors (Lipinski definition) is 1. The molecule has 1 N–H and O–H groups in total. The summed E-state index contributed by atoms with van der Waals surface area (Å²) in [6, 6.07) is 0. The molecule has 1 saturated heterocycles. The van der Waals surface area contributed by atoms with Crippen LogP contribution in [0.5, 0.6) is 0 Å². The summed E-state index contributed by atoms with van der Waals surface area (Å²) in [4.78, 5) is 50.9. The zero-order chi connectivity index (χ0) is 21.4. The normalized spacial score (nSPS) is 21.1. The van der Waals surface area contributed by atoms with Crippen molar-refractivity contribution in [3.63, 3.8) is 0 Å². The van der Waals surface area contributed by atoms with E-state index in [0.717, 1.165) is 4.57 Å². The monoisotopic (exact) mass is 476 g/mol. The highest BCUT2D eigenvalue weighted by molar-refractivity contribution is 9.11. The van der Waals surface area contributed by atoms with E-state index in [-0.39, 0.29) is 31.8 Å². The van der Waals surface area contributed by atoms with E-state index >= 15 is 0 Å². The number of aromatic nitrogens is 2. The van der Waals surface area contributed by atoms with Gasteiger partial charge in [-0.2, -0.15) is 0 Å². The molecule has 2 rings (SSSR count). The van der Waals surface area contributed by atoms with Crippen LogP contribution in [0.4, 0.5) is 9.59 Å². The Morgan fingerprint density at radius 1 is 1.24 bits per heavy atom. The lowest BCUT2D eigenvalue weighted by atomic mass is 10.2. The Morgan fingerprint density at radius 3 is 2.59 bits per heavy atom. The van der Waals surface area contributed by atoms with E-state index in [9.17, 15) is 19.2 Å². The predicted octanol–water partition coefficient (Wildman–Crippen LogP) is 1.90. The van der Waals surface area contributed by atoms with Gasteiger partial charge in [0.2, 0.25) is 0 Å². The largest absolute Gasteiger partial charge is 0.508 e. The van der Waals surface area contributed by atoms with Gasteiger partial charge in [0, 0.05) is 12.6 Å². The fraction of sp³-hybridized carbons (Fsp3) is 0.529. The standard InChI is InChI=1S/C17H21BrN2O9/c1-3-25-16(23)27-9-12-11(29-17(24)26-4-2)7-13(28-12)20-8-10(5-6-18)14(21)19-15(20)22/h5-6,8,11-13H,3-4,7,9H2,1-2H3,(H,19,21,22)/t11-,12+,13+/m0/s1. The van der Waals surface area contributed by atoms with E-state index in [1.165, 1.54) is 17.3 Å². The second-order valence-electron chi connectivity index (χ2n) is 5.74. The first-order valence-corrected chi connectivity index (χ1v) is 9.71. The number of halogens is 1. The average molecular weight is 477 g/mol. The van der Waals surface area contributed by atoms with Gasteiger partial charge in [-0.3, -0.25) is 14.3 Å². The highest BCUT2D eigenvalue weighted by Crippen LogP contribution is 2.30. The second kappa shape index (κ2) is 10.8. The molecule has 0 radical (unpaired) electrons. The summed E-state index contributed by atoms with van der Waals surface area (Å²) in [6.07, 6.45) is -1.58. The first kappa shape index (κ1) is 22.7. The predicted molar refractivity (Wildman–Crippen MR) is 103 cm³/mol. The molecule has 1 aromatic rings. The van der Waals surface area contributed by atoms with Crippen molar-refractivity contribution in [3.8, 4) is 0 Å². The van der Waals surface area contributed by atoms with Crippen LogP contribution in [0.1, 0.15) is 32.1 Å². The zero-order valence-electron chi connectivity index (χ0n) is 15.8. The SMILES string of the molecule is CCOC(=O)OC[C@H]1O[C@@H](n2cc(C=CBr)c(=O)[nH]c2=O)C[C@@H]1OC(=O)OCC. The third-order valence-corrected chi connectivity index (χ3v) is 4.13. The number of carbonyl (C=O) groups is 2. The molecule has 1 fully saturated rings. The molecule has 2 heterocycles. The lowest BCUT2D eigenvalue weighted by molar-refractivity contribution is -0.0669. The van der Waals surface area contributed by atoms with E-state index in [1.807, 2.05) is 0 Å². The van der Waals surface area contributed by atoms with Crippen molar-refractivity contribution in [2.45, 2.75) is 38.7 Å². The molecule has 0 unspecified atom stereocenters. The Balaban J connectivity index is 2.22. The van der Waals surface area contributed by atoms with E-state index in [2.05, 4.69) is 25.7 Å². The van der Waals surface area contributed by atoms with Gasteiger partial charge in [-0.1, -0.05) is 15.9 Å². The van der Waals surface area contributed by atoms with E-state index in [1.54, 1.807) is 13.8 Å². The van der Waals surface area contributed by atoms with E-state index < -0.39 is 42.0 Å². The minimum absolute atomic E-state index is 0.0685. The van der Waals surface area contributed by atoms with Crippen molar-refractivity contribution in [2.75, 3.05) is 19.8 Å². The van der Waals surface area contributed by atoms with Crippen LogP contribution < -0.4 is 11.2 Å². The van der Waals surface area contributed by atoms with Crippen LogP contribution >= 0.6 is 15.9 Å². The van der Waals surface area contributed by atoms with Crippen molar-refractivity contribution in [2.24, 2.45) is 0 Å². The van der Waals surface area contributed by atoms with Crippen molar-refractivity contribution in [1.82, 2.24) is 9.55 Å². The van der Waals surface area contributed by atoms with Crippen LogP contribution in [-0.2, 0) is 23.7 Å². The minimum atomic E-state index is -0.917. The Bertz CT molecular complexity index is 863. The van der Waals surface area contributed by atoms with Gasteiger partial charge in [0.15, 0.2) is 0 Å². The molecule has 11 nitrogen and oxygen atoms in total. The van der Waals surface area contributed by atoms with Crippen molar-refractivity contribution in [1.29, 1.82) is 0 Å². The number of hydrogen-bond acceptors (Lipinski definition) is 9. The fourth-order valence-electron chi connectivity index (χ4n) is 2.63. The molecule has 1 aromatic heterocycles. The Kier molecular flexibility index (Phi) is 8.46. The zero-order valence-corrected chi connectivity index (χ0v) is 17.4. The number of rotatable bonds is 7. The van der Waals surface area contributed by atoms with Crippen LogP contribution in [-0.4, -0.2) is 53.9 Å². The smallest absolute Gasteiger partial charge is 0.435 e. The van der Waals surface area contributed by atoms with Gasteiger partial charge in [-0.25, -0.2) is 14.4 Å². The Labute approximate surface area is 173 Å². The maximum absolute atomic E-state index is 12.2. The average Bonchev–Trinajstić information content (AvgIpc) is 3.05. The molecular weight excluding hydrogens is 456 g/mol. The molecule has 0 aromatic carbocycles. The third-order valence-electron chi connectivity index (χ3n) is 3.87. The first-order chi connectivity index (χ1) is 13.9. The molecule has 0 saturated carbocycles. The lowest BCUT2D eigenvalue weighted by Crippen LogP contribution is -2.33. The first-order valence-electron chi connectivity index (χ1n) is 8.80. The van der Waals surface area contributed by atoms with Crippen LogP contribution in [0.3, 0.4) is 0 Å². The summed E-state index contributed by atoms with van der Waals surface area (Å²) in [5.74, 6) is 0. The number of nitrogens with one attached hydrogen (secondary N) is 1. The van der Waals surface area contributed by atoms with E-state index in [4.69, 9.17) is 18.9 Å². The molecule has 1 aliphatic heterocycles. The quantitative estimate of drug-likeness (QED) is 0.584. The maximum Gasteiger partial charge on any atom is 0.508 e. The Hall–Kier alpha value is -2.60. The molecule has 12 heteroatoms. The van der Waals surface area contributed by atoms with Crippen LogP contribution in [0, 0.1) is 0 Å². The number of nitrogens with zero attached hydrogens (tertiary/aromatic N) is 1. The van der Waals surface area contributed by atoms with Gasteiger partial charge in [-0.05, 0) is 24.9 Å². The molecule has 160 valence electrons. The summed E-state index contributed by atoms with van der Waals surface area (Å²) in [7, 11) is 0. The minimum Gasteiger partial charge on any atom is -0.435 e. The van der Waals surface area contributed by atoms with Gasteiger partial charge in [0.1, 0.15) is 25.0 Å². The number of ether oxygens (including phenoxy) is 5. The summed E-state index contributed by atoms with van der Waals surface area (Å²) < 4.78 is 26.6. The third kappa shape index (κ3) is 6.19. The lowest BCUT2D eigenvalue weighted by Gasteiger charge is -2.18. The van der Waals surface area contributed by atoms with Crippen LogP contribution in [0.25, 0.3) is 6.08 Å². The summed E-state index contributed by atoms with van der Waals surface area (Å²) >= 11 is 3.07. The van der Waals surface area contributed by atoms with Crippen molar-refractivity contribution < 1.29 is 33.3 Å². The Morgan fingerprint density at radius 2 is 1.93 bits per heavy atom. The molecule has 0 spiro atoms. The number of aromatic amines is 1. The summed E-state index contributed by atoms with van der Waals surface area (Å²) in [6.45, 7) is 3.21. The van der Waals surface area contributed by atoms with Gasteiger partial charge in [0.05, 0.1) is 18.8 Å². The summed E-state index contributed by atoms with van der Waals surface area (Å²) in [5.41, 5.74) is -1.06. The molecule has 1 aliphatic rings.